The summed E-state index contributed by atoms with van der Waals surface area (Å²) in [4.78, 5) is 0. The summed E-state index contributed by atoms with van der Waals surface area (Å²) in [5.41, 5.74) is 0. The van der Waals surface area contributed by atoms with Crippen LogP contribution in [0.15, 0.2) is 24.3 Å². The first kappa shape index (κ1) is 11.2. The normalized spacial score (nSPS) is 24.4. The number of para-hydroxylation sites is 2. The summed E-state index contributed by atoms with van der Waals surface area (Å²) < 4.78 is 11.2. The molecule has 88 valence electrons. The number of benzene rings is 1. The van der Waals surface area contributed by atoms with Crippen LogP contribution < -0.4 is 14.8 Å². The highest BCUT2D eigenvalue weighted by Crippen LogP contribution is 2.28. The number of aliphatic hydroxyl groups excluding tert-OH is 1. The van der Waals surface area contributed by atoms with Gasteiger partial charge in [0.2, 0.25) is 0 Å². The largest absolute Gasteiger partial charge is 0.490 e. The van der Waals surface area contributed by atoms with Crippen molar-refractivity contribution >= 4 is 0 Å². The van der Waals surface area contributed by atoms with Crippen LogP contribution in [0.2, 0.25) is 0 Å². The summed E-state index contributed by atoms with van der Waals surface area (Å²) in [5, 5.41) is 12.7. The smallest absolute Gasteiger partial charge is 0.161 e. The standard InChI is InChI=1S/C12H17NO3/c1-2-15-10-5-3-4-6-11(10)16-12-8-13-7-9(12)14/h3-6,9,12-14H,2,7-8H2,1H3. The van der Waals surface area contributed by atoms with Crippen LogP contribution in [0.5, 0.6) is 11.5 Å². The lowest BCUT2D eigenvalue weighted by molar-refractivity contribution is 0.0713. The molecule has 1 aromatic rings. The second-order valence-corrected chi connectivity index (χ2v) is 3.76. The predicted molar refractivity (Wildman–Crippen MR) is 60.9 cm³/mol. The van der Waals surface area contributed by atoms with Crippen molar-refractivity contribution in [2.45, 2.75) is 19.1 Å². The van der Waals surface area contributed by atoms with Gasteiger partial charge in [0.15, 0.2) is 11.5 Å². The SMILES string of the molecule is CCOc1ccccc1OC1CNCC1O. The van der Waals surface area contributed by atoms with E-state index in [4.69, 9.17) is 9.47 Å². The van der Waals surface area contributed by atoms with Crippen molar-refractivity contribution in [3.05, 3.63) is 24.3 Å². The Morgan fingerprint density at radius 1 is 1.31 bits per heavy atom. The minimum atomic E-state index is -0.449. The van der Waals surface area contributed by atoms with Crippen molar-refractivity contribution < 1.29 is 14.6 Å². The summed E-state index contributed by atoms with van der Waals surface area (Å²) in [6.07, 6.45) is -0.642. The maximum absolute atomic E-state index is 9.64. The molecule has 1 aliphatic rings. The van der Waals surface area contributed by atoms with Crippen LogP contribution in [-0.4, -0.2) is 37.0 Å². The molecule has 1 aromatic carbocycles. The lowest BCUT2D eigenvalue weighted by atomic mass is 10.2. The van der Waals surface area contributed by atoms with Gasteiger partial charge in [0.05, 0.1) is 6.61 Å². The summed E-state index contributed by atoms with van der Waals surface area (Å²) in [5.74, 6) is 1.42. The molecular weight excluding hydrogens is 206 g/mol. The Balaban J connectivity index is 2.07. The van der Waals surface area contributed by atoms with Crippen LogP contribution in [-0.2, 0) is 0 Å². The van der Waals surface area contributed by atoms with Gasteiger partial charge >= 0.3 is 0 Å². The van der Waals surface area contributed by atoms with Gasteiger partial charge in [0.25, 0.3) is 0 Å². The van der Waals surface area contributed by atoms with Crippen LogP contribution >= 0.6 is 0 Å². The lowest BCUT2D eigenvalue weighted by Gasteiger charge is -2.18. The van der Waals surface area contributed by atoms with E-state index in [1.165, 1.54) is 0 Å². The molecule has 2 rings (SSSR count). The third-order valence-electron chi connectivity index (χ3n) is 2.56. The third-order valence-corrected chi connectivity index (χ3v) is 2.56. The lowest BCUT2D eigenvalue weighted by Crippen LogP contribution is -2.29. The first-order chi connectivity index (χ1) is 7.81. The first-order valence-corrected chi connectivity index (χ1v) is 5.58. The highest BCUT2D eigenvalue weighted by Gasteiger charge is 2.27. The molecule has 2 N–H and O–H groups in total. The minimum absolute atomic E-state index is 0.193. The van der Waals surface area contributed by atoms with Crippen molar-refractivity contribution in [2.75, 3.05) is 19.7 Å². The van der Waals surface area contributed by atoms with Gasteiger partial charge in [-0.2, -0.15) is 0 Å². The summed E-state index contributed by atoms with van der Waals surface area (Å²) in [7, 11) is 0. The molecular formula is C12H17NO3. The van der Waals surface area contributed by atoms with E-state index in [9.17, 15) is 5.11 Å². The number of aliphatic hydroxyl groups is 1. The molecule has 2 unspecified atom stereocenters. The van der Waals surface area contributed by atoms with Gasteiger partial charge in [-0.25, -0.2) is 0 Å². The number of hydrogen-bond acceptors (Lipinski definition) is 4. The molecule has 16 heavy (non-hydrogen) atoms. The minimum Gasteiger partial charge on any atom is -0.490 e. The van der Waals surface area contributed by atoms with Gasteiger partial charge in [-0.3, -0.25) is 0 Å². The van der Waals surface area contributed by atoms with E-state index in [0.717, 1.165) is 5.75 Å². The molecule has 0 aliphatic carbocycles. The van der Waals surface area contributed by atoms with Crippen LogP contribution in [0.25, 0.3) is 0 Å². The average Bonchev–Trinajstić information content (AvgIpc) is 2.68. The Kier molecular flexibility index (Phi) is 3.64. The third kappa shape index (κ3) is 2.46. The Morgan fingerprint density at radius 3 is 2.69 bits per heavy atom. The van der Waals surface area contributed by atoms with Gasteiger partial charge in [0.1, 0.15) is 12.2 Å². The fourth-order valence-electron chi connectivity index (χ4n) is 1.75. The summed E-state index contributed by atoms with van der Waals surface area (Å²) in [6, 6.07) is 7.53. The van der Waals surface area contributed by atoms with Crippen LogP contribution in [0.4, 0.5) is 0 Å². The van der Waals surface area contributed by atoms with Crippen molar-refractivity contribution in [1.82, 2.24) is 5.32 Å². The Morgan fingerprint density at radius 2 is 2.06 bits per heavy atom. The Hall–Kier alpha value is -1.26. The monoisotopic (exact) mass is 223 g/mol. The highest BCUT2D eigenvalue weighted by atomic mass is 16.5. The molecule has 0 saturated carbocycles. The highest BCUT2D eigenvalue weighted by molar-refractivity contribution is 5.39. The molecule has 0 bridgehead atoms. The van der Waals surface area contributed by atoms with Gasteiger partial charge < -0.3 is 19.9 Å². The molecule has 0 aromatic heterocycles. The molecule has 4 nitrogen and oxygen atoms in total. The molecule has 1 saturated heterocycles. The summed E-state index contributed by atoms with van der Waals surface area (Å²) >= 11 is 0. The van der Waals surface area contributed by atoms with E-state index < -0.39 is 6.10 Å². The fourth-order valence-corrected chi connectivity index (χ4v) is 1.75. The van der Waals surface area contributed by atoms with E-state index >= 15 is 0 Å². The zero-order valence-corrected chi connectivity index (χ0v) is 9.35. The number of hydrogen-bond donors (Lipinski definition) is 2. The Bertz CT molecular complexity index is 343. The second-order valence-electron chi connectivity index (χ2n) is 3.76. The van der Waals surface area contributed by atoms with E-state index in [1.54, 1.807) is 0 Å². The number of nitrogens with one attached hydrogen (secondary N) is 1. The fraction of sp³-hybridized carbons (Fsp3) is 0.500. The van der Waals surface area contributed by atoms with Crippen LogP contribution in [0.1, 0.15) is 6.92 Å². The van der Waals surface area contributed by atoms with Gasteiger partial charge in [0, 0.05) is 13.1 Å². The maximum Gasteiger partial charge on any atom is 0.161 e. The van der Waals surface area contributed by atoms with Crippen LogP contribution in [0.3, 0.4) is 0 Å². The Labute approximate surface area is 95.2 Å². The van der Waals surface area contributed by atoms with Gasteiger partial charge in [-0.05, 0) is 19.1 Å². The van der Waals surface area contributed by atoms with Gasteiger partial charge in [-0.15, -0.1) is 0 Å². The van der Waals surface area contributed by atoms with Crippen LogP contribution in [0, 0.1) is 0 Å². The van der Waals surface area contributed by atoms with E-state index in [0.29, 0.717) is 25.4 Å². The zero-order valence-electron chi connectivity index (χ0n) is 9.35. The molecule has 2 atom stereocenters. The molecule has 4 heteroatoms. The molecule has 1 fully saturated rings. The van der Waals surface area contributed by atoms with E-state index in [1.807, 2.05) is 31.2 Å². The quantitative estimate of drug-likeness (QED) is 0.792. The van der Waals surface area contributed by atoms with E-state index in [2.05, 4.69) is 5.32 Å². The zero-order chi connectivity index (χ0) is 11.4. The van der Waals surface area contributed by atoms with Crippen molar-refractivity contribution in [3.63, 3.8) is 0 Å². The molecule has 1 aliphatic heterocycles. The molecule has 0 amide bonds. The van der Waals surface area contributed by atoms with Crippen molar-refractivity contribution in [2.24, 2.45) is 0 Å². The second kappa shape index (κ2) is 5.18. The average molecular weight is 223 g/mol. The first-order valence-electron chi connectivity index (χ1n) is 5.58. The molecule has 1 heterocycles. The number of β-amino-alcohol motifs (C(OH)–C–C–N with tert-alkyl or cyclic N) is 1. The van der Waals surface area contributed by atoms with Gasteiger partial charge in [-0.1, -0.05) is 12.1 Å². The predicted octanol–water partition coefficient (Wildman–Crippen LogP) is 0.797. The topological polar surface area (TPSA) is 50.7 Å². The molecule has 0 radical (unpaired) electrons. The van der Waals surface area contributed by atoms with Crippen molar-refractivity contribution in [3.8, 4) is 11.5 Å². The number of ether oxygens (including phenoxy) is 2. The van der Waals surface area contributed by atoms with E-state index in [-0.39, 0.29) is 6.10 Å². The molecule has 0 spiro atoms. The maximum atomic E-state index is 9.64. The number of rotatable bonds is 4. The van der Waals surface area contributed by atoms with Crippen molar-refractivity contribution in [1.29, 1.82) is 0 Å². The summed E-state index contributed by atoms with van der Waals surface area (Å²) in [6.45, 7) is 3.79.